The fraction of sp³-hybridized carbons (Fsp3) is 0.462. The molecule has 0 aliphatic carbocycles. The average Bonchev–Trinajstić information content (AvgIpc) is 2.42. The van der Waals surface area contributed by atoms with Crippen molar-refractivity contribution in [2.24, 2.45) is 11.5 Å². The minimum atomic E-state index is -0.555. The summed E-state index contributed by atoms with van der Waals surface area (Å²) < 4.78 is 4.95. The van der Waals surface area contributed by atoms with Crippen LogP contribution in [0, 0.1) is 0 Å². The number of rotatable bonds is 10. The van der Waals surface area contributed by atoms with Gasteiger partial charge in [0.25, 0.3) is 0 Å². The molecule has 8 nitrogen and oxygen atoms in total. The maximum absolute atomic E-state index is 11.1. The number of methoxy groups -OCH3 is 1. The molecule has 0 saturated heterocycles. The molecule has 2 amide bonds. The predicted octanol–water partition coefficient (Wildman–Crippen LogP) is -1.41. The largest absolute Gasteiger partial charge is 0.383 e. The van der Waals surface area contributed by atoms with Crippen LogP contribution in [0.3, 0.4) is 0 Å². The van der Waals surface area contributed by atoms with Gasteiger partial charge in [0, 0.05) is 32.0 Å². The average molecular weight is 295 g/mol. The van der Waals surface area contributed by atoms with Crippen molar-refractivity contribution >= 4 is 17.6 Å². The molecule has 116 valence electrons. The number of anilines is 1. The smallest absolute Gasteiger partial charge is 0.237 e. The lowest BCUT2D eigenvalue weighted by atomic mass is 10.2. The number of nitrogens with one attached hydrogen (secondary N) is 1. The Balaban J connectivity index is 2.85. The van der Waals surface area contributed by atoms with E-state index in [1.165, 1.54) is 4.90 Å². The number of carbonyl (C=O) groups is 2. The Bertz CT molecular complexity index is 465. The van der Waals surface area contributed by atoms with Gasteiger partial charge >= 0.3 is 0 Å². The lowest BCUT2D eigenvalue weighted by molar-refractivity contribution is -0.117. The van der Waals surface area contributed by atoms with Crippen molar-refractivity contribution in [1.82, 2.24) is 10.3 Å². The number of carbonyl (C=O) groups excluding carboxylic acids is 2. The van der Waals surface area contributed by atoms with Gasteiger partial charge in [0.15, 0.2) is 0 Å². The number of amides is 2. The third-order valence-electron chi connectivity index (χ3n) is 2.66. The van der Waals surface area contributed by atoms with Crippen LogP contribution in [0.2, 0.25) is 0 Å². The highest BCUT2D eigenvalue weighted by Crippen LogP contribution is 2.16. The summed E-state index contributed by atoms with van der Waals surface area (Å²) in [4.78, 5) is 28.0. The second kappa shape index (κ2) is 8.88. The van der Waals surface area contributed by atoms with Gasteiger partial charge in [-0.1, -0.05) is 6.07 Å². The van der Waals surface area contributed by atoms with Gasteiger partial charge in [-0.2, -0.15) is 0 Å². The van der Waals surface area contributed by atoms with Crippen LogP contribution in [0.15, 0.2) is 18.3 Å². The standard InChI is InChI=1S/C13H21N5O3/c1-21-6-5-16-7-10-3-2-4-17-13(10)18(8-11(14)19)9-12(15)20/h2-4,16H,5-9H2,1H3,(H2,14,19)(H2,15,20). The van der Waals surface area contributed by atoms with E-state index in [0.717, 1.165) is 5.56 Å². The van der Waals surface area contributed by atoms with E-state index in [1.54, 1.807) is 19.4 Å². The van der Waals surface area contributed by atoms with Crippen LogP contribution in [-0.4, -0.2) is 50.1 Å². The molecule has 8 heteroatoms. The first-order valence-electron chi connectivity index (χ1n) is 6.49. The Morgan fingerprint density at radius 1 is 1.33 bits per heavy atom. The molecule has 0 bridgehead atoms. The molecule has 1 rings (SSSR count). The van der Waals surface area contributed by atoms with E-state index in [1.807, 2.05) is 6.07 Å². The van der Waals surface area contributed by atoms with Crippen molar-refractivity contribution in [3.8, 4) is 0 Å². The number of ether oxygens (including phenoxy) is 1. The molecule has 0 atom stereocenters. The molecule has 0 aromatic carbocycles. The highest BCUT2D eigenvalue weighted by Gasteiger charge is 2.16. The van der Waals surface area contributed by atoms with Crippen molar-refractivity contribution < 1.29 is 14.3 Å². The van der Waals surface area contributed by atoms with Crippen LogP contribution < -0.4 is 21.7 Å². The number of aromatic nitrogens is 1. The summed E-state index contributed by atoms with van der Waals surface area (Å²) in [5.74, 6) is -0.597. The lowest BCUT2D eigenvalue weighted by Gasteiger charge is -2.23. The predicted molar refractivity (Wildman–Crippen MR) is 78.4 cm³/mol. The van der Waals surface area contributed by atoms with E-state index in [4.69, 9.17) is 16.2 Å². The van der Waals surface area contributed by atoms with Gasteiger partial charge in [0.2, 0.25) is 11.8 Å². The van der Waals surface area contributed by atoms with E-state index in [9.17, 15) is 9.59 Å². The Morgan fingerprint density at radius 3 is 2.57 bits per heavy atom. The van der Waals surface area contributed by atoms with E-state index in [-0.39, 0.29) is 13.1 Å². The monoisotopic (exact) mass is 295 g/mol. The van der Waals surface area contributed by atoms with Crippen LogP contribution in [0.25, 0.3) is 0 Å². The lowest BCUT2D eigenvalue weighted by Crippen LogP contribution is -2.40. The first-order valence-corrected chi connectivity index (χ1v) is 6.49. The topological polar surface area (TPSA) is 124 Å². The van der Waals surface area contributed by atoms with Crippen molar-refractivity contribution in [2.45, 2.75) is 6.54 Å². The molecule has 0 radical (unpaired) electrons. The first kappa shape index (κ1) is 16.9. The maximum Gasteiger partial charge on any atom is 0.237 e. The second-order valence-electron chi connectivity index (χ2n) is 4.44. The second-order valence-corrected chi connectivity index (χ2v) is 4.44. The van der Waals surface area contributed by atoms with Crippen molar-refractivity contribution in [3.05, 3.63) is 23.9 Å². The number of primary amides is 2. The molecule has 0 fully saturated rings. The Labute approximate surface area is 123 Å². The van der Waals surface area contributed by atoms with E-state index >= 15 is 0 Å². The number of pyridine rings is 1. The molecule has 1 aromatic rings. The summed E-state index contributed by atoms with van der Waals surface area (Å²) >= 11 is 0. The first-order chi connectivity index (χ1) is 10.0. The highest BCUT2D eigenvalue weighted by atomic mass is 16.5. The zero-order valence-electron chi connectivity index (χ0n) is 12.0. The minimum absolute atomic E-state index is 0.120. The van der Waals surface area contributed by atoms with Crippen LogP contribution in [0.1, 0.15) is 5.56 Å². The molecular weight excluding hydrogens is 274 g/mol. The molecular formula is C13H21N5O3. The van der Waals surface area contributed by atoms with E-state index < -0.39 is 11.8 Å². The number of hydrogen-bond acceptors (Lipinski definition) is 6. The van der Waals surface area contributed by atoms with Crippen molar-refractivity contribution in [1.29, 1.82) is 0 Å². The Kier molecular flexibility index (Phi) is 7.13. The van der Waals surface area contributed by atoms with Gasteiger partial charge in [-0.25, -0.2) is 4.98 Å². The summed E-state index contributed by atoms with van der Waals surface area (Å²) in [6, 6.07) is 3.64. The molecule has 0 aliphatic rings. The zero-order chi connectivity index (χ0) is 15.7. The quantitative estimate of drug-likeness (QED) is 0.456. The van der Waals surface area contributed by atoms with Crippen LogP contribution >= 0.6 is 0 Å². The molecule has 5 N–H and O–H groups in total. The summed E-state index contributed by atoms with van der Waals surface area (Å²) in [7, 11) is 1.62. The third kappa shape index (κ3) is 6.19. The van der Waals surface area contributed by atoms with E-state index in [2.05, 4.69) is 10.3 Å². The van der Waals surface area contributed by atoms with E-state index in [0.29, 0.717) is 25.5 Å². The van der Waals surface area contributed by atoms with Crippen LogP contribution in [-0.2, 0) is 20.9 Å². The summed E-state index contributed by atoms with van der Waals surface area (Å²) in [6.45, 7) is 1.55. The van der Waals surface area contributed by atoms with Crippen LogP contribution in [0.4, 0.5) is 5.82 Å². The molecule has 1 aromatic heterocycles. The fourth-order valence-electron chi connectivity index (χ4n) is 1.83. The molecule has 0 aliphatic heterocycles. The van der Waals surface area contributed by atoms with Gasteiger partial charge in [-0.05, 0) is 6.07 Å². The van der Waals surface area contributed by atoms with Crippen molar-refractivity contribution in [2.75, 3.05) is 38.3 Å². The van der Waals surface area contributed by atoms with Gasteiger partial charge in [-0.3, -0.25) is 9.59 Å². The zero-order valence-corrected chi connectivity index (χ0v) is 12.0. The van der Waals surface area contributed by atoms with Gasteiger partial charge in [0.05, 0.1) is 19.7 Å². The number of nitrogens with zero attached hydrogens (tertiary/aromatic N) is 2. The summed E-state index contributed by atoms with van der Waals surface area (Å²) in [6.07, 6.45) is 1.59. The number of hydrogen-bond donors (Lipinski definition) is 3. The SMILES string of the molecule is COCCNCc1cccnc1N(CC(N)=O)CC(N)=O. The molecule has 21 heavy (non-hydrogen) atoms. The van der Waals surface area contributed by atoms with Gasteiger partial charge in [-0.15, -0.1) is 0 Å². The van der Waals surface area contributed by atoms with Crippen molar-refractivity contribution in [3.63, 3.8) is 0 Å². The van der Waals surface area contributed by atoms with Gasteiger partial charge < -0.3 is 26.4 Å². The normalized spacial score (nSPS) is 10.3. The highest BCUT2D eigenvalue weighted by molar-refractivity contribution is 5.84. The molecule has 1 heterocycles. The molecule has 0 saturated carbocycles. The molecule has 0 unspecified atom stereocenters. The van der Waals surface area contributed by atoms with Gasteiger partial charge in [0.1, 0.15) is 5.82 Å². The fourth-order valence-corrected chi connectivity index (χ4v) is 1.83. The van der Waals surface area contributed by atoms with Crippen LogP contribution in [0.5, 0.6) is 0 Å². The summed E-state index contributed by atoms with van der Waals surface area (Å²) in [5.41, 5.74) is 11.3. The minimum Gasteiger partial charge on any atom is -0.383 e. The molecule has 0 spiro atoms. The Morgan fingerprint density at radius 2 is 2.00 bits per heavy atom. The maximum atomic E-state index is 11.1. The summed E-state index contributed by atoms with van der Waals surface area (Å²) in [5, 5.41) is 3.18. The third-order valence-corrected chi connectivity index (χ3v) is 2.66. The Hall–Kier alpha value is -2.19. The number of nitrogens with two attached hydrogens (primary N) is 2.